The largest absolute Gasteiger partial charge is 0.502 e. The molecule has 0 radical (unpaired) electrons. The normalized spacial score (nSPS) is 13.7. The average Bonchev–Trinajstić information content (AvgIpc) is 2.39. The van der Waals surface area contributed by atoms with E-state index in [0.29, 0.717) is 25.9 Å². The molecule has 20 heavy (non-hydrogen) atoms. The van der Waals surface area contributed by atoms with Crippen molar-refractivity contribution in [2.24, 2.45) is 0 Å². The molecule has 0 aromatic rings. The van der Waals surface area contributed by atoms with Gasteiger partial charge in [0.05, 0.1) is 0 Å². The highest BCUT2D eigenvalue weighted by molar-refractivity contribution is 6.61. The van der Waals surface area contributed by atoms with E-state index in [2.05, 4.69) is 20.8 Å². The molecule has 0 spiro atoms. The molecule has 1 unspecified atom stereocenters. The quantitative estimate of drug-likeness (QED) is 0.255. The highest BCUT2D eigenvalue weighted by atomic mass is 35.5. The smallest absolute Gasteiger partial charge is 0.373 e. The van der Waals surface area contributed by atoms with E-state index < -0.39 is 8.80 Å². The van der Waals surface area contributed by atoms with E-state index in [0.717, 1.165) is 38.5 Å². The second-order valence-corrected chi connectivity index (χ2v) is 8.66. The molecule has 0 heterocycles. The summed E-state index contributed by atoms with van der Waals surface area (Å²) in [5.74, 6) is 0. The van der Waals surface area contributed by atoms with Gasteiger partial charge in [-0.2, -0.15) is 0 Å². The predicted octanol–water partition coefficient (Wildman–Crippen LogP) is 5.00. The van der Waals surface area contributed by atoms with Crippen LogP contribution in [0.4, 0.5) is 0 Å². The second kappa shape index (κ2) is 13.1. The molecule has 0 aliphatic heterocycles. The standard InChI is InChI=1S/C15H33ClO3Si/c1-5-8-11-17-20(14-15(4)16,18-12-9-6-2)19-13-10-7-3/h15H,5-14H2,1-4H3. The number of unbranched alkanes of at least 4 members (excludes halogenated alkanes) is 3. The maximum atomic E-state index is 6.20. The Bertz CT molecular complexity index is 189. The zero-order valence-corrected chi connectivity index (χ0v) is 15.5. The molecule has 0 saturated carbocycles. The highest BCUT2D eigenvalue weighted by Crippen LogP contribution is 2.22. The Morgan fingerprint density at radius 1 is 0.800 bits per heavy atom. The fraction of sp³-hybridized carbons (Fsp3) is 1.00. The topological polar surface area (TPSA) is 27.7 Å². The molecule has 122 valence electrons. The van der Waals surface area contributed by atoms with E-state index in [4.69, 9.17) is 24.9 Å². The molecule has 0 aliphatic carbocycles. The van der Waals surface area contributed by atoms with Gasteiger partial charge in [0.1, 0.15) is 0 Å². The number of rotatable bonds is 14. The Labute approximate surface area is 131 Å². The van der Waals surface area contributed by atoms with Crippen LogP contribution in [-0.4, -0.2) is 34.0 Å². The maximum absolute atomic E-state index is 6.20. The van der Waals surface area contributed by atoms with Crippen molar-refractivity contribution in [3.8, 4) is 0 Å². The third kappa shape index (κ3) is 10.2. The van der Waals surface area contributed by atoms with Gasteiger partial charge in [0.25, 0.3) is 0 Å². The van der Waals surface area contributed by atoms with Gasteiger partial charge in [-0.25, -0.2) is 0 Å². The summed E-state index contributed by atoms with van der Waals surface area (Å²) in [7, 11) is -2.60. The summed E-state index contributed by atoms with van der Waals surface area (Å²) in [6.45, 7) is 10.6. The summed E-state index contributed by atoms with van der Waals surface area (Å²) in [5.41, 5.74) is 0. The lowest BCUT2D eigenvalue weighted by molar-refractivity contribution is 0.0564. The van der Waals surface area contributed by atoms with E-state index in [1.54, 1.807) is 0 Å². The molecule has 0 bridgehead atoms. The lowest BCUT2D eigenvalue weighted by Gasteiger charge is -2.30. The summed E-state index contributed by atoms with van der Waals surface area (Å²) in [6.07, 6.45) is 6.47. The van der Waals surface area contributed by atoms with Gasteiger partial charge in [0.15, 0.2) is 0 Å². The van der Waals surface area contributed by atoms with Crippen LogP contribution in [-0.2, 0) is 13.3 Å². The number of hydrogen-bond acceptors (Lipinski definition) is 3. The molecule has 0 amide bonds. The van der Waals surface area contributed by atoms with Crippen LogP contribution < -0.4 is 0 Å². The Hall–Kier alpha value is 0.387. The monoisotopic (exact) mass is 324 g/mol. The minimum Gasteiger partial charge on any atom is -0.373 e. The first kappa shape index (κ1) is 20.4. The highest BCUT2D eigenvalue weighted by Gasteiger charge is 2.42. The molecule has 0 aliphatic rings. The lowest BCUT2D eigenvalue weighted by Crippen LogP contribution is -2.48. The van der Waals surface area contributed by atoms with Gasteiger partial charge in [-0.15, -0.1) is 11.6 Å². The Kier molecular flexibility index (Phi) is 13.3. The van der Waals surface area contributed by atoms with Crippen LogP contribution in [0.3, 0.4) is 0 Å². The maximum Gasteiger partial charge on any atom is 0.502 e. The summed E-state index contributed by atoms with van der Waals surface area (Å²) in [5, 5.41) is 0.0200. The van der Waals surface area contributed by atoms with Crippen molar-refractivity contribution >= 4 is 20.4 Å². The van der Waals surface area contributed by atoms with Crippen LogP contribution in [0, 0.1) is 0 Å². The van der Waals surface area contributed by atoms with Gasteiger partial charge in [0, 0.05) is 31.2 Å². The third-order valence-corrected chi connectivity index (χ3v) is 6.45. The number of halogens is 1. The molecular weight excluding hydrogens is 292 g/mol. The molecule has 5 heteroatoms. The van der Waals surface area contributed by atoms with Crippen molar-refractivity contribution in [2.75, 3.05) is 19.8 Å². The molecule has 0 aromatic carbocycles. The van der Waals surface area contributed by atoms with Crippen LogP contribution in [0.25, 0.3) is 0 Å². The van der Waals surface area contributed by atoms with E-state index >= 15 is 0 Å². The van der Waals surface area contributed by atoms with E-state index in [1.807, 2.05) is 6.92 Å². The van der Waals surface area contributed by atoms with Crippen LogP contribution >= 0.6 is 11.6 Å². The van der Waals surface area contributed by atoms with Crippen LogP contribution in [0.5, 0.6) is 0 Å². The second-order valence-electron chi connectivity index (χ2n) is 5.27. The minimum absolute atomic E-state index is 0.0200. The zero-order chi connectivity index (χ0) is 15.3. The lowest BCUT2D eigenvalue weighted by atomic mass is 10.4. The first-order valence-corrected chi connectivity index (χ1v) is 10.5. The zero-order valence-electron chi connectivity index (χ0n) is 13.8. The Morgan fingerprint density at radius 3 is 1.40 bits per heavy atom. The van der Waals surface area contributed by atoms with Gasteiger partial charge in [0.2, 0.25) is 0 Å². The van der Waals surface area contributed by atoms with Gasteiger partial charge in [-0.3, -0.25) is 0 Å². The summed E-state index contributed by atoms with van der Waals surface area (Å²) < 4.78 is 18.3. The first-order chi connectivity index (χ1) is 9.60. The summed E-state index contributed by atoms with van der Waals surface area (Å²) in [6, 6.07) is 0.700. The number of alkyl halides is 1. The molecule has 0 N–H and O–H groups in total. The van der Waals surface area contributed by atoms with Gasteiger partial charge < -0.3 is 13.3 Å². The predicted molar refractivity (Wildman–Crippen MR) is 88.5 cm³/mol. The molecular formula is C15H33ClO3Si. The van der Waals surface area contributed by atoms with Crippen molar-refractivity contribution in [1.82, 2.24) is 0 Å². The van der Waals surface area contributed by atoms with Crippen LogP contribution in [0.1, 0.15) is 66.2 Å². The van der Waals surface area contributed by atoms with Gasteiger partial charge >= 0.3 is 8.80 Å². The summed E-state index contributed by atoms with van der Waals surface area (Å²) >= 11 is 6.20. The fourth-order valence-corrected chi connectivity index (χ4v) is 4.99. The van der Waals surface area contributed by atoms with Crippen LogP contribution in [0.15, 0.2) is 0 Å². The number of hydrogen-bond donors (Lipinski definition) is 0. The van der Waals surface area contributed by atoms with Crippen molar-refractivity contribution in [2.45, 2.75) is 77.6 Å². The minimum atomic E-state index is -2.60. The first-order valence-electron chi connectivity index (χ1n) is 8.16. The van der Waals surface area contributed by atoms with Crippen molar-refractivity contribution < 1.29 is 13.3 Å². The molecule has 0 saturated heterocycles. The van der Waals surface area contributed by atoms with Gasteiger partial charge in [-0.05, 0) is 26.2 Å². The average molecular weight is 325 g/mol. The van der Waals surface area contributed by atoms with Crippen molar-refractivity contribution in [3.05, 3.63) is 0 Å². The summed E-state index contributed by atoms with van der Waals surface area (Å²) in [4.78, 5) is 0. The van der Waals surface area contributed by atoms with E-state index in [-0.39, 0.29) is 5.38 Å². The molecule has 3 nitrogen and oxygen atoms in total. The van der Waals surface area contributed by atoms with E-state index in [9.17, 15) is 0 Å². The van der Waals surface area contributed by atoms with E-state index in [1.165, 1.54) is 0 Å². The fourth-order valence-electron chi connectivity index (χ4n) is 1.76. The Morgan fingerprint density at radius 2 is 1.15 bits per heavy atom. The van der Waals surface area contributed by atoms with Crippen LogP contribution in [0.2, 0.25) is 6.04 Å². The third-order valence-electron chi connectivity index (χ3n) is 2.99. The Balaban J connectivity index is 4.57. The SMILES string of the molecule is CCCCO[Si](CC(C)Cl)(OCCCC)OCCCC. The molecule has 0 fully saturated rings. The van der Waals surface area contributed by atoms with Gasteiger partial charge in [-0.1, -0.05) is 40.0 Å². The molecule has 1 atom stereocenters. The van der Waals surface area contributed by atoms with Crippen molar-refractivity contribution in [3.63, 3.8) is 0 Å². The molecule has 0 rings (SSSR count). The van der Waals surface area contributed by atoms with Crippen molar-refractivity contribution in [1.29, 1.82) is 0 Å². The molecule has 0 aromatic heterocycles.